The van der Waals surface area contributed by atoms with Gasteiger partial charge in [-0.1, -0.05) is 23.7 Å². The van der Waals surface area contributed by atoms with Crippen molar-refractivity contribution in [3.63, 3.8) is 0 Å². The van der Waals surface area contributed by atoms with Gasteiger partial charge in [0.1, 0.15) is 11.5 Å². The highest BCUT2D eigenvalue weighted by atomic mass is 35.5. The SMILES string of the molecule is CN(C)C(=O)Oc1ccc2c(c1)O/C(=C/c1cccc(Cl)c1)C2=O. The maximum atomic E-state index is 12.4. The number of fused-ring (bicyclic) bond motifs is 1. The molecule has 0 N–H and O–H groups in total. The standard InChI is InChI=1S/C18H14ClNO4/c1-20(2)18(22)23-13-6-7-14-15(10-13)24-16(17(14)21)9-11-4-3-5-12(19)8-11/h3-10H,1-2H3/b16-9+. The van der Waals surface area contributed by atoms with E-state index in [2.05, 4.69) is 0 Å². The zero-order valence-corrected chi connectivity index (χ0v) is 13.8. The van der Waals surface area contributed by atoms with Crippen LogP contribution in [0.15, 0.2) is 48.2 Å². The van der Waals surface area contributed by atoms with E-state index >= 15 is 0 Å². The molecule has 0 saturated carbocycles. The zero-order chi connectivity index (χ0) is 17.3. The van der Waals surface area contributed by atoms with Crippen LogP contribution in [0.5, 0.6) is 11.5 Å². The van der Waals surface area contributed by atoms with E-state index in [0.29, 0.717) is 22.1 Å². The topological polar surface area (TPSA) is 55.8 Å². The van der Waals surface area contributed by atoms with Gasteiger partial charge in [-0.3, -0.25) is 4.79 Å². The summed E-state index contributed by atoms with van der Waals surface area (Å²) in [4.78, 5) is 25.3. The van der Waals surface area contributed by atoms with Gasteiger partial charge in [0.25, 0.3) is 0 Å². The molecule has 3 rings (SSSR count). The van der Waals surface area contributed by atoms with Gasteiger partial charge < -0.3 is 14.4 Å². The fraction of sp³-hybridized carbons (Fsp3) is 0.111. The van der Waals surface area contributed by atoms with E-state index in [1.54, 1.807) is 50.5 Å². The summed E-state index contributed by atoms with van der Waals surface area (Å²) < 4.78 is 10.8. The lowest BCUT2D eigenvalue weighted by molar-refractivity contribution is 0.101. The Morgan fingerprint density at radius 2 is 2.00 bits per heavy atom. The maximum absolute atomic E-state index is 12.4. The monoisotopic (exact) mass is 343 g/mol. The molecule has 0 atom stereocenters. The van der Waals surface area contributed by atoms with Crippen LogP contribution in [0, 0.1) is 0 Å². The molecule has 1 heterocycles. The van der Waals surface area contributed by atoms with Crippen molar-refractivity contribution in [1.82, 2.24) is 4.90 Å². The van der Waals surface area contributed by atoms with Gasteiger partial charge in [-0.05, 0) is 35.9 Å². The zero-order valence-electron chi connectivity index (χ0n) is 13.1. The van der Waals surface area contributed by atoms with E-state index in [9.17, 15) is 9.59 Å². The number of carbonyl (C=O) groups excluding carboxylic acids is 2. The second-order valence-electron chi connectivity index (χ2n) is 5.42. The number of benzene rings is 2. The van der Waals surface area contributed by atoms with Crippen molar-refractivity contribution in [1.29, 1.82) is 0 Å². The molecule has 0 fully saturated rings. The van der Waals surface area contributed by atoms with Crippen LogP contribution in [0.3, 0.4) is 0 Å². The van der Waals surface area contributed by atoms with Crippen LogP contribution in [-0.2, 0) is 0 Å². The van der Waals surface area contributed by atoms with E-state index in [4.69, 9.17) is 21.1 Å². The molecule has 24 heavy (non-hydrogen) atoms. The summed E-state index contributed by atoms with van der Waals surface area (Å²) in [6, 6.07) is 11.8. The number of carbonyl (C=O) groups is 2. The third kappa shape index (κ3) is 3.26. The second kappa shape index (κ2) is 6.37. The van der Waals surface area contributed by atoms with Crippen molar-refractivity contribution in [3.8, 4) is 11.5 Å². The number of hydrogen-bond acceptors (Lipinski definition) is 4. The third-order valence-electron chi connectivity index (χ3n) is 3.36. The molecule has 1 aliphatic heterocycles. The summed E-state index contributed by atoms with van der Waals surface area (Å²) in [5.41, 5.74) is 1.19. The van der Waals surface area contributed by atoms with Gasteiger partial charge in [0.05, 0.1) is 5.56 Å². The molecular weight excluding hydrogens is 330 g/mol. The molecular formula is C18H14ClNO4. The summed E-state index contributed by atoms with van der Waals surface area (Å²) in [6.07, 6.45) is 1.12. The minimum atomic E-state index is -0.506. The maximum Gasteiger partial charge on any atom is 0.414 e. The normalized spacial score (nSPS) is 14.3. The lowest BCUT2D eigenvalue weighted by Crippen LogP contribution is -2.25. The lowest BCUT2D eigenvalue weighted by atomic mass is 10.1. The number of ketones is 1. The fourth-order valence-electron chi connectivity index (χ4n) is 2.17. The van der Waals surface area contributed by atoms with E-state index in [1.807, 2.05) is 6.07 Å². The van der Waals surface area contributed by atoms with Gasteiger partial charge in [0.15, 0.2) is 5.76 Å². The molecule has 122 valence electrons. The highest BCUT2D eigenvalue weighted by Gasteiger charge is 2.28. The minimum Gasteiger partial charge on any atom is -0.452 e. The number of Topliss-reactive ketones (excluding diaryl/α,β-unsaturated/α-hetero) is 1. The van der Waals surface area contributed by atoms with Crippen molar-refractivity contribution in [3.05, 3.63) is 64.4 Å². The third-order valence-corrected chi connectivity index (χ3v) is 3.59. The van der Waals surface area contributed by atoms with Crippen LogP contribution in [0.2, 0.25) is 5.02 Å². The molecule has 2 aromatic carbocycles. The highest BCUT2D eigenvalue weighted by Crippen LogP contribution is 2.35. The van der Waals surface area contributed by atoms with Crippen LogP contribution in [0.1, 0.15) is 15.9 Å². The smallest absolute Gasteiger partial charge is 0.414 e. The highest BCUT2D eigenvalue weighted by molar-refractivity contribution is 6.30. The van der Waals surface area contributed by atoms with Crippen LogP contribution in [-0.4, -0.2) is 30.9 Å². The van der Waals surface area contributed by atoms with Crippen molar-refractivity contribution in [2.24, 2.45) is 0 Å². The fourth-order valence-corrected chi connectivity index (χ4v) is 2.37. The molecule has 0 spiro atoms. The predicted octanol–water partition coefficient (Wildman–Crippen LogP) is 4.02. The first kappa shape index (κ1) is 16.1. The Morgan fingerprint density at radius 1 is 1.21 bits per heavy atom. The summed E-state index contributed by atoms with van der Waals surface area (Å²) in [6.45, 7) is 0. The molecule has 5 nitrogen and oxygen atoms in total. The number of ether oxygens (including phenoxy) is 2. The van der Waals surface area contributed by atoms with Crippen LogP contribution >= 0.6 is 11.6 Å². The average Bonchev–Trinajstić information content (AvgIpc) is 2.83. The van der Waals surface area contributed by atoms with Gasteiger partial charge in [-0.15, -0.1) is 0 Å². The Hall–Kier alpha value is -2.79. The van der Waals surface area contributed by atoms with E-state index in [-0.39, 0.29) is 11.5 Å². The van der Waals surface area contributed by atoms with E-state index < -0.39 is 6.09 Å². The Balaban J connectivity index is 1.86. The Labute approximate surface area is 144 Å². The molecule has 0 unspecified atom stereocenters. The Kier molecular flexibility index (Phi) is 4.27. The molecule has 0 saturated heterocycles. The lowest BCUT2D eigenvalue weighted by Gasteiger charge is -2.10. The van der Waals surface area contributed by atoms with Crippen molar-refractivity contribution in [2.45, 2.75) is 0 Å². The van der Waals surface area contributed by atoms with Crippen LogP contribution in [0.4, 0.5) is 4.79 Å². The number of hydrogen-bond donors (Lipinski definition) is 0. The van der Waals surface area contributed by atoms with Crippen LogP contribution < -0.4 is 9.47 Å². The molecule has 0 bridgehead atoms. The Morgan fingerprint density at radius 3 is 2.71 bits per heavy atom. The first-order chi connectivity index (χ1) is 11.4. The van der Waals surface area contributed by atoms with E-state index in [1.165, 1.54) is 11.0 Å². The van der Waals surface area contributed by atoms with Gasteiger partial charge in [0.2, 0.25) is 5.78 Å². The van der Waals surface area contributed by atoms with E-state index in [0.717, 1.165) is 5.56 Å². The Bertz CT molecular complexity index is 858. The first-order valence-electron chi connectivity index (χ1n) is 7.17. The molecule has 0 aromatic heterocycles. The van der Waals surface area contributed by atoms with Crippen molar-refractivity contribution in [2.75, 3.05) is 14.1 Å². The number of rotatable bonds is 2. The molecule has 0 aliphatic carbocycles. The molecule has 2 aromatic rings. The largest absolute Gasteiger partial charge is 0.452 e. The molecule has 0 radical (unpaired) electrons. The number of allylic oxidation sites excluding steroid dienone is 1. The van der Waals surface area contributed by atoms with Crippen LogP contribution in [0.25, 0.3) is 6.08 Å². The minimum absolute atomic E-state index is 0.198. The number of amides is 1. The van der Waals surface area contributed by atoms with Gasteiger partial charge in [-0.2, -0.15) is 0 Å². The second-order valence-corrected chi connectivity index (χ2v) is 5.85. The quantitative estimate of drug-likeness (QED) is 0.773. The predicted molar refractivity (Wildman–Crippen MR) is 90.5 cm³/mol. The van der Waals surface area contributed by atoms with Gasteiger partial charge in [-0.25, -0.2) is 4.79 Å². The molecule has 1 amide bonds. The molecule has 6 heteroatoms. The van der Waals surface area contributed by atoms with Crippen molar-refractivity contribution >= 4 is 29.6 Å². The first-order valence-corrected chi connectivity index (χ1v) is 7.55. The average molecular weight is 344 g/mol. The van der Waals surface area contributed by atoms with Gasteiger partial charge >= 0.3 is 6.09 Å². The number of nitrogens with zero attached hydrogens (tertiary/aromatic N) is 1. The number of halogens is 1. The summed E-state index contributed by atoms with van der Waals surface area (Å²) in [5.74, 6) is 0.639. The van der Waals surface area contributed by atoms with Gasteiger partial charge in [0, 0.05) is 25.2 Å². The summed E-state index contributed by atoms with van der Waals surface area (Å²) >= 11 is 5.94. The summed E-state index contributed by atoms with van der Waals surface area (Å²) in [5, 5.41) is 0.574. The summed E-state index contributed by atoms with van der Waals surface area (Å²) in [7, 11) is 3.17. The molecule has 1 aliphatic rings. The van der Waals surface area contributed by atoms with Crippen molar-refractivity contribution < 1.29 is 19.1 Å².